The van der Waals surface area contributed by atoms with Gasteiger partial charge in [-0.15, -0.1) is 0 Å². The third-order valence-corrected chi connectivity index (χ3v) is 5.04. The quantitative estimate of drug-likeness (QED) is 0.476. The second kappa shape index (κ2) is 10.8. The highest BCUT2D eigenvalue weighted by Crippen LogP contribution is 2.30. The molecule has 0 bridgehead atoms. The second-order valence-electron chi connectivity index (χ2n) is 7.22. The summed E-state index contributed by atoms with van der Waals surface area (Å²) >= 11 is 0. The summed E-state index contributed by atoms with van der Waals surface area (Å²) in [5.41, 5.74) is 11.3. The van der Waals surface area contributed by atoms with Crippen molar-refractivity contribution in [1.82, 2.24) is 5.32 Å². The maximum atomic E-state index is 12.5. The van der Waals surface area contributed by atoms with Crippen LogP contribution in [0.25, 0.3) is 0 Å². The maximum Gasteiger partial charge on any atom is 0.239 e. The molecule has 0 spiro atoms. The molecular formula is C23H31N3O3. The molecule has 0 aliphatic carbocycles. The van der Waals surface area contributed by atoms with E-state index in [-0.39, 0.29) is 5.91 Å². The van der Waals surface area contributed by atoms with E-state index in [0.717, 1.165) is 47.5 Å². The molecule has 3 rings (SSSR count). The summed E-state index contributed by atoms with van der Waals surface area (Å²) in [6.45, 7) is 6.12. The predicted octanol–water partition coefficient (Wildman–Crippen LogP) is 2.89. The standard InChI is InChI=1S/C23H31N3O3/c1-2-28-12-13-29-17-19-7-3-6-18(14-19)15-25-23(27)16-26-11-5-8-20-21(24)9-4-10-22(20)26/h3-4,6-7,9-10,14H,2,5,8,11-13,15-17,24H2,1H3,(H,25,27). The van der Waals surface area contributed by atoms with Crippen molar-refractivity contribution in [3.05, 3.63) is 59.2 Å². The lowest BCUT2D eigenvalue weighted by Gasteiger charge is -2.31. The molecule has 0 saturated carbocycles. The van der Waals surface area contributed by atoms with Crippen LogP contribution in [0.2, 0.25) is 0 Å². The average molecular weight is 398 g/mol. The van der Waals surface area contributed by atoms with Crippen LogP contribution < -0.4 is 16.0 Å². The summed E-state index contributed by atoms with van der Waals surface area (Å²) in [4.78, 5) is 14.6. The molecule has 0 aromatic heterocycles. The molecule has 1 amide bonds. The first kappa shape index (κ1) is 21.1. The molecule has 1 aliphatic rings. The van der Waals surface area contributed by atoms with Gasteiger partial charge in [-0.25, -0.2) is 0 Å². The number of hydrogen-bond donors (Lipinski definition) is 2. The molecule has 2 aromatic carbocycles. The van der Waals surface area contributed by atoms with Crippen molar-refractivity contribution in [2.75, 3.05) is 43.5 Å². The second-order valence-corrected chi connectivity index (χ2v) is 7.22. The first-order valence-corrected chi connectivity index (χ1v) is 10.3. The smallest absolute Gasteiger partial charge is 0.239 e. The van der Waals surface area contributed by atoms with Gasteiger partial charge in [0.2, 0.25) is 5.91 Å². The molecule has 1 heterocycles. The Kier molecular flexibility index (Phi) is 7.90. The maximum absolute atomic E-state index is 12.5. The zero-order chi connectivity index (χ0) is 20.5. The van der Waals surface area contributed by atoms with Gasteiger partial charge in [-0.2, -0.15) is 0 Å². The predicted molar refractivity (Wildman–Crippen MR) is 116 cm³/mol. The zero-order valence-electron chi connectivity index (χ0n) is 17.2. The highest BCUT2D eigenvalue weighted by Gasteiger charge is 2.20. The summed E-state index contributed by atoms with van der Waals surface area (Å²) in [6.07, 6.45) is 1.99. The van der Waals surface area contributed by atoms with E-state index in [1.54, 1.807) is 0 Å². The van der Waals surface area contributed by atoms with Crippen molar-refractivity contribution in [3.63, 3.8) is 0 Å². The van der Waals surface area contributed by atoms with Crippen molar-refractivity contribution >= 4 is 17.3 Å². The Balaban J connectivity index is 1.48. The summed E-state index contributed by atoms with van der Waals surface area (Å²) in [5.74, 6) is 0.0126. The third-order valence-electron chi connectivity index (χ3n) is 5.04. The molecule has 3 N–H and O–H groups in total. The van der Waals surface area contributed by atoms with E-state index >= 15 is 0 Å². The number of nitrogens with two attached hydrogens (primary N) is 1. The van der Waals surface area contributed by atoms with Crippen LogP contribution in [0.3, 0.4) is 0 Å². The van der Waals surface area contributed by atoms with Crippen LogP contribution in [0.15, 0.2) is 42.5 Å². The molecule has 0 radical (unpaired) electrons. The van der Waals surface area contributed by atoms with Crippen LogP contribution in [0.1, 0.15) is 30.0 Å². The lowest BCUT2D eigenvalue weighted by molar-refractivity contribution is -0.119. The fourth-order valence-electron chi connectivity index (χ4n) is 3.60. The van der Waals surface area contributed by atoms with Gasteiger partial charge in [0.15, 0.2) is 0 Å². The Morgan fingerprint density at radius 1 is 1.14 bits per heavy atom. The fourth-order valence-corrected chi connectivity index (χ4v) is 3.60. The van der Waals surface area contributed by atoms with Gasteiger partial charge < -0.3 is 25.4 Å². The summed E-state index contributed by atoms with van der Waals surface area (Å²) in [7, 11) is 0. The highest BCUT2D eigenvalue weighted by molar-refractivity contribution is 5.82. The Bertz CT molecular complexity index is 810. The molecule has 0 unspecified atom stereocenters. The molecule has 0 saturated heterocycles. The van der Waals surface area contributed by atoms with E-state index in [1.807, 2.05) is 43.3 Å². The number of hydrogen-bond acceptors (Lipinski definition) is 5. The summed E-state index contributed by atoms with van der Waals surface area (Å²) in [5, 5.41) is 3.03. The molecule has 0 atom stereocenters. The van der Waals surface area contributed by atoms with E-state index in [2.05, 4.69) is 16.3 Å². The van der Waals surface area contributed by atoms with Crippen LogP contribution in [-0.4, -0.2) is 38.8 Å². The molecule has 0 fully saturated rings. The van der Waals surface area contributed by atoms with Gasteiger partial charge in [0.1, 0.15) is 0 Å². The number of nitrogen functional groups attached to an aromatic ring is 1. The van der Waals surface area contributed by atoms with E-state index in [4.69, 9.17) is 15.2 Å². The first-order chi connectivity index (χ1) is 14.2. The van der Waals surface area contributed by atoms with Crippen LogP contribution in [0.5, 0.6) is 0 Å². The Labute approximate surface area is 173 Å². The number of nitrogens with one attached hydrogen (secondary N) is 1. The first-order valence-electron chi connectivity index (χ1n) is 10.3. The Morgan fingerprint density at radius 2 is 1.93 bits per heavy atom. The molecule has 6 heteroatoms. The minimum absolute atomic E-state index is 0.0126. The molecule has 1 aliphatic heterocycles. The summed E-state index contributed by atoms with van der Waals surface area (Å²) < 4.78 is 10.9. The zero-order valence-corrected chi connectivity index (χ0v) is 17.2. The van der Waals surface area contributed by atoms with Gasteiger partial charge in [0.05, 0.1) is 26.4 Å². The number of fused-ring (bicyclic) bond motifs is 1. The monoisotopic (exact) mass is 397 g/mol. The van der Waals surface area contributed by atoms with Crippen LogP contribution in [0.4, 0.5) is 11.4 Å². The van der Waals surface area contributed by atoms with E-state index < -0.39 is 0 Å². The number of carbonyl (C=O) groups excluding carboxylic acids is 1. The van der Waals surface area contributed by atoms with Gasteiger partial charge in [-0.1, -0.05) is 30.3 Å². The molecular weight excluding hydrogens is 366 g/mol. The van der Waals surface area contributed by atoms with E-state index in [9.17, 15) is 4.79 Å². The van der Waals surface area contributed by atoms with Gasteiger partial charge in [-0.3, -0.25) is 4.79 Å². The lowest BCUT2D eigenvalue weighted by Crippen LogP contribution is -2.39. The normalized spacial score (nSPS) is 13.2. The molecule has 156 valence electrons. The lowest BCUT2D eigenvalue weighted by atomic mass is 10.00. The average Bonchev–Trinajstić information content (AvgIpc) is 2.73. The van der Waals surface area contributed by atoms with Gasteiger partial charge in [-0.05, 0) is 48.6 Å². The minimum Gasteiger partial charge on any atom is -0.398 e. The molecule has 6 nitrogen and oxygen atoms in total. The van der Waals surface area contributed by atoms with Gasteiger partial charge in [0, 0.05) is 31.1 Å². The molecule has 2 aromatic rings. The Morgan fingerprint density at radius 3 is 2.79 bits per heavy atom. The van der Waals surface area contributed by atoms with Crippen LogP contribution in [0, 0.1) is 0 Å². The number of benzene rings is 2. The number of nitrogens with zero attached hydrogens (tertiary/aromatic N) is 1. The van der Waals surface area contributed by atoms with Crippen LogP contribution in [-0.2, 0) is 33.8 Å². The van der Waals surface area contributed by atoms with Crippen molar-refractivity contribution in [1.29, 1.82) is 0 Å². The minimum atomic E-state index is 0.0126. The Hall–Kier alpha value is -2.57. The van der Waals surface area contributed by atoms with Crippen molar-refractivity contribution in [3.8, 4) is 0 Å². The molecule has 29 heavy (non-hydrogen) atoms. The number of rotatable bonds is 10. The van der Waals surface area contributed by atoms with Gasteiger partial charge in [0.25, 0.3) is 0 Å². The summed E-state index contributed by atoms with van der Waals surface area (Å²) in [6, 6.07) is 14.0. The number of anilines is 2. The highest BCUT2D eigenvalue weighted by atomic mass is 16.5. The largest absolute Gasteiger partial charge is 0.398 e. The number of ether oxygens (including phenoxy) is 2. The third kappa shape index (κ3) is 6.21. The SMILES string of the molecule is CCOCCOCc1cccc(CNC(=O)CN2CCCc3c(N)cccc32)c1. The fraction of sp³-hybridized carbons (Fsp3) is 0.435. The van der Waals surface area contributed by atoms with Crippen LogP contribution >= 0.6 is 0 Å². The van der Waals surface area contributed by atoms with E-state index in [0.29, 0.717) is 39.5 Å². The number of amides is 1. The van der Waals surface area contributed by atoms with Crippen molar-refractivity contribution < 1.29 is 14.3 Å². The van der Waals surface area contributed by atoms with Crippen molar-refractivity contribution in [2.45, 2.75) is 32.9 Å². The van der Waals surface area contributed by atoms with Gasteiger partial charge >= 0.3 is 0 Å². The van der Waals surface area contributed by atoms with E-state index in [1.165, 1.54) is 0 Å². The topological polar surface area (TPSA) is 76.8 Å². The van der Waals surface area contributed by atoms with Crippen molar-refractivity contribution in [2.24, 2.45) is 0 Å². The number of carbonyl (C=O) groups is 1.